The van der Waals surface area contributed by atoms with Crippen LogP contribution in [0.15, 0.2) is 0 Å². The van der Waals surface area contributed by atoms with Gasteiger partial charge in [-0.1, -0.05) is 19.8 Å². The highest BCUT2D eigenvalue weighted by Crippen LogP contribution is 2.23. The summed E-state index contributed by atoms with van der Waals surface area (Å²) in [6, 6.07) is 0.639. The van der Waals surface area contributed by atoms with E-state index in [-0.39, 0.29) is 0 Å². The third-order valence-electron chi connectivity index (χ3n) is 3.36. The Balaban J connectivity index is 2.04. The van der Waals surface area contributed by atoms with E-state index in [9.17, 15) is 0 Å². The summed E-state index contributed by atoms with van der Waals surface area (Å²) in [4.78, 5) is 2.37. The molecule has 1 aliphatic carbocycles. The smallest absolute Gasteiger partial charge is 0.0166 e. The first kappa shape index (κ1) is 12.0. The molecule has 0 aromatic heterocycles. The maximum Gasteiger partial charge on any atom is 0.0166 e. The van der Waals surface area contributed by atoms with Crippen LogP contribution >= 0.6 is 0 Å². The summed E-state index contributed by atoms with van der Waals surface area (Å²) >= 11 is 0. The van der Waals surface area contributed by atoms with E-state index in [2.05, 4.69) is 31.1 Å². The SMILES string of the molecule is CCN(C)CC(C)NCC1CCCC1. The van der Waals surface area contributed by atoms with Gasteiger partial charge in [-0.25, -0.2) is 0 Å². The Labute approximate surface area is 89.1 Å². The molecule has 1 saturated carbocycles. The van der Waals surface area contributed by atoms with Gasteiger partial charge >= 0.3 is 0 Å². The lowest BCUT2D eigenvalue weighted by molar-refractivity contribution is 0.301. The summed E-state index contributed by atoms with van der Waals surface area (Å²) in [7, 11) is 2.19. The Hall–Kier alpha value is -0.0800. The zero-order chi connectivity index (χ0) is 10.4. The molecule has 1 aliphatic rings. The van der Waals surface area contributed by atoms with Gasteiger partial charge in [-0.3, -0.25) is 0 Å². The normalized spacial score (nSPS) is 20.6. The highest BCUT2D eigenvalue weighted by molar-refractivity contribution is 4.72. The molecule has 2 heteroatoms. The van der Waals surface area contributed by atoms with Gasteiger partial charge in [-0.05, 0) is 45.8 Å². The van der Waals surface area contributed by atoms with Crippen LogP contribution in [-0.2, 0) is 0 Å². The Kier molecular flexibility index (Phi) is 5.49. The Morgan fingerprint density at radius 3 is 2.57 bits per heavy atom. The highest BCUT2D eigenvalue weighted by atomic mass is 15.1. The van der Waals surface area contributed by atoms with Crippen LogP contribution in [0.1, 0.15) is 39.5 Å². The molecule has 0 aromatic carbocycles. The van der Waals surface area contributed by atoms with Crippen molar-refractivity contribution in [2.24, 2.45) is 5.92 Å². The molecular weight excluding hydrogens is 172 g/mol. The summed E-state index contributed by atoms with van der Waals surface area (Å²) in [5, 5.41) is 3.65. The minimum absolute atomic E-state index is 0.639. The summed E-state index contributed by atoms with van der Waals surface area (Å²) in [5.74, 6) is 0.962. The first-order valence-electron chi connectivity index (χ1n) is 6.14. The van der Waals surface area contributed by atoms with Gasteiger partial charge in [0.2, 0.25) is 0 Å². The average Bonchev–Trinajstić information content (AvgIpc) is 2.67. The quantitative estimate of drug-likeness (QED) is 0.703. The number of likely N-dealkylation sites (N-methyl/N-ethyl adjacent to an activating group) is 1. The minimum atomic E-state index is 0.639. The monoisotopic (exact) mass is 198 g/mol. The molecule has 0 aliphatic heterocycles. The molecule has 0 heterocycles. The second-order valence-corrected chi connectivity index (χ2v) is 4.81. The molecule has 0 amide bonds. The molecule has 2 nitrogen and oxygen atoms in total. The van der Waals surface area contributed by atoms with Crippen molar-refractivity contribution in [3.05, 3.63) is 0 Å². The van der Waals surface area contributed by atoms with Crippen molar-refractivity contribution in [2.45, 2.75) is 45.6 Å². The van der Waals surface area contributed by atoms with Crippen LogP contribution in [0.25, 0.3) is 0 Å². The van der Waals surface area contributed by atoms with Gasteiger partial charge in [0.1, 0.15) is 0 Å². The van der Waals surface area contributed by atoms with Crippen molar-refractivity contribution in [3.8, 4) is 0 Å². The van der Waals surface area contributed by atoms with Gasteiger partial charge in [0, 0.05) is 12.6 Å². The van der Waals surface area contributed by atoms with Crippen LogP contribution in [0.2, 0.25) is 0 Å². The number of hydrogen-bond acceptors (Lipinski definition) is 2. The topological polar surface area (TPSA) is 15.3 Å². The summed E-state index contributed by atoms with van der Waals surface area (Å²) < 4.78 is 0. The second-order valence-electron chi connectivity index (χ2n) is 4.81. The summed E-state index contributed by atoms with van der Waals surface area (Å²) in [6.07, 6.45) is 5.80. The van der Waals surface area contributed by atoms with E-state index >= 15 is 0 Å². The molecule has 1 fully saturated rings. The fourth-order valence-corrected chi connectivity index (χ4v) is 2.24. The number of nitrogens with one attached hydrogen (secondary N) is 1. The van der Waals surface area contributed by atoms with Gasteiger partial charge in [0.05, 0.1) is 0 Å². The van der Waals surface area contributed by atoms with E-state index < -0.39 is 0 Å². The van der Waals surface area contributed by atoms with Gasteiger partial charge in [-0.2, -0.15) is 0 Å². The standard InChI is InChI=1S/C12H26N2/c1-4-14(3)10-11(2)13-9-12-7-5-6-8-12/h11-13H,4-10H2,1-3H3. The molecule has 1 N–H and O–H groups in total. The van der Waals surface area contributed by atoms with E-state index in [0.717, 1.165) is 12.5 Å². The van der Waals surface area contributed by atoms with Crippen molar-refractivity contribution in [1.29, 1.82) is 0 Å². The average molecular weight is 198 g/mol. The first-order chi connectivity index (χ1) is 6.72. The molecule has 14 heavy (non-hydrogen) atoms. The van der Waals surface area contributed by atoms with Crippen LogP contribution in [0.5, 0.6) is 0 Å². The lowest BCUT2D eigenvalue weighted by atomic mass is 10.1. The van der Waals surface area contributed by atoms with Gasteiger partial charge < -0.3 is 10.2 Å². The number of nitrogens with zero attached hydrogens (tertiary/aromatic N) is 1. The fraction of sp³-hybridized carbons (Fsp3) is 1.00. The lowest BCUT2D eigenvalue weighted by Gasteiger charge is -2.22. The molecule has 0 saturated heterocycles. The highest BCUT2D eigenvalue weighted by Gasteiger charge is 2.15. The van der Waals surface area contributed by atoms with Crippen LogP contribution in [0.4, 0.5) is 0 Å². The molecule has 1 rings (SSSR count). The Bertz CT molecular complexity index is 141. The predicted molar refractivity (Wildman–Crippen MR) is 62.6 cm³/mol. The number of hydrogen-bond donors (Lipinski definition) is 1. The third kappa shape index (κ3) is 4.43. The zero-order valence-electron chi connectivity index (χ0n) is 10.1. The molecule has 1 atom stereocenters. The van der Waals surface area contributed by atoms with Gasteiger partial charge in [0.25, 0.3) is 0 Å². The molecule has 84 valence electrons. The van der Waals surface area contributed by atoms with Crippen molar-refractivity contribution in [1.82, 2.24) is 10.2 Å². The third-order valence-corrected chi connectivity index (χ3v) is 3.36. The van der Waals surface area contributed by atoms with Crippen molar-refractivity contribution < 1.29 is 0 Å². The van der Waals surface area contributed by atoms with E-state index in [1.807, 2.05) is 0 Å². The molecule has 0 radical (unpaired) electrons. The van der Waals surface area contributed by atoms with E-state index in [0.29, 0.717) is 6.04 Å². The van der Waals surface area contributed by atoms with Crippen molar-refractivity contribution >= 4 is 0 Å². The maximum absolute atomic E-state index is 3.65. The number of rotatable bonds is 6. The van der Waals surface area contributed by atoms with Crippen molar-refractivity contribution in [3.63, 3.8) is 0 Å². The largest absolute Gasteiger partial charge is 0.313 e. The van der Waals surface area contributed by atoms with Crippen LogP contribution in [-0.4, -0.2) is 37.6 Å². The molecule has 0 bridgehead atoms. The lowest BCUT2D eigenvalue weighted by Crippen LogP contribution is -2.39. The fourth-order valence-electron chi connectivity index (χ4n) is 2.24. The van der Waals surface area contributed by atoms with E-state index in [1.165, 1.54) is 38.8 Å². The Morgan fingerprint density at radius 2 is 2.00 bits per heavy atom. The summed E-state index contributed by atoms with van der Waals surface area (Å²) in [5.41, 5.74) is 0. The van der Waals surface area contributed by atoms with Crippen LogP contribution in [0, 0.1) is 5.92 Å². The summed E-state index contributed by atoms with van der Waals surface area (Å²) in [6.45, 7) is 8.06. The predicted octanol–water partition coefficient (Wildman–Crippen LogP) is 2.11. The molecule has 1 unspecified atom stereocenters. The second kappa shape index (κ2) is 6.41. The van der Waals surface area contributed by atoms with Crippen LogP contribution < -0.4 is 5.32 Å². The Morgan fingerprint density at radius 1 is 1.36 bits per heavy atom. The van der Waals surface area contributed by atoms with Crippen molar-refractivity contribution in [2.75, 3.05) is 26.7 Å². The molecular formula is C12H26N2. The van der Waals surface area contributed by atoms with Crippen LogP contribution in [0.3, 0.4) is 0 Å². The van der Waals surface area contributed by atoms with Gasteiger partial charge in [0.15, 0.2) is 0 Å². The van der Waals surface area contributed by atoms with E-state index in [4.69, 9.17) is 0 Å². The molecule has 0 spiro atoms. The minimum Gasteiger partial charge on any atom is -0.313 e. The van der Waals surface area contributed by atoms with E-state index in [1.54, 1.807) is 0 Å². The van der Waals surface area contributed by atoms with Gasteiger partial charge in [-0.15, -0.1) is 0 Å². The zero-order valence-corrected chi connectivity index (χ0v) is 10.1. The molecule has 0 aromatic rings. The maximum atomic E-state index is 3.65. The first-order valence-corrected chi connectivity index (χ1v) is 6.14.